The first-order valence-electron chi connectivity index (χ1n) is 20.5. The van der Waals surface area contributed by atoms with Crippen LogP contribution < -0.4 is 15.1 Å². The van der Waals surface area contributed by atoms with Crippen LogP contribution in [0.5, 0.6) is 5.75 Å². The smallest absolute Gasteiger partial charge is 0.261 e. The molecule has 296 valence electrons. The number of hydrogen-bond acceptors (Lipinski definition) is 6. The summed E-state index contributed by atoms with van der Waals surface area (Å²) >= 11 is 0. The molecule has 6 rings (SSSR count). The molecule has 8 atom stereocenters. The molecule has 0 spiro atoms. The van der Waals surface area contributed by atoms with Gasteiger partial charge in [0.05, 0.1) is 19.8 Å². The minimum atomic E-state index is -2.79. The molecule has 0 bridgehead atoms. The van der Waals surface area contributed by atoms with Gasteiger partial charge in [-0.15, -0.1) is 0 Å². The second kappa shape index (κ2) is 17.0. The van der Waals surface area contributed by atoms with Gasteiger partial charge in [0.2, 0.25) is 0 Å². The van der Waals surface area contributed by atoms with Crippen molar-refractivity contribution in [1.29, 1.82) is 0 Å². The fourth-order valence-electron chi connectivity index (χ4n) is 10.1. The van der Waals surface area contributed by atoms with Crippen molar-refractivity contribution in [2.24, 2.45) is 29.6 Å². The first-order valence-corrected chi connectivity index (χ1v) is 25.3. The van der Waals surface area contributed by atoms with Crippen molar-refractivity contribution >= 4 is 27.0 Å². The van der Waals surface area contributed by atoms with E-state index in [1.807, 2.05) is 12.1 Å². The van der Waals surface area contributed by atoms with Gasteiger partial charge < -0.3 is 27.8 Å². The van der Waals surface area contributed by atoms with Crippen molar-refractivity contribution in [2.75, 3.05) is 27.6 Å². The topological polar surface area (TPSA) is 55.4 Å². The Labute approximate surface area is 328 Å². The van der Waals surface area contributed by atoms with Gasteiger partial charge in [-0.2, -0.15) is 0 Å². The van der Waals surface area contributed by atoms with E-state index in [0.29, 0.717) is 49.6 Å². The minimum absolute atomic E-state index is 0.0962. The Bertz CT molecular complexity index is 1560. The van der Waals surface area contributed by atoms with E-state index in [4.69, 9.17) is 27.8 Å². The lowest BCUT2D eigenvalue weighted by atomic mass is 9.66. The van der Waals surface area contributed by atoms with Crippen molar-refractivity contribution in [3.05, 3.63) is 90.5 Å². The molecule has 54 heavy (non-hydrogen) atoms. The molecule has 3 saturated carbocycles. The number of ether oxygens (including phenoxy) is 4. The second-order valence-corrected chi connectivity index (χ2v) is 27.9. The van der Waals surface area contributed by atoms with Gasteiger partial charge in [-0.1, -0.05) is 114 Å². The molecule has 3 aromatic rings. The Morgan fingerprint density at radius 3 is 1.76 bits per heavy atom. The van der Waals surface area contributed by atoms with Crippen molar-refractivity contribution in [1.82, 2.24) is 0 Å². The molecule has 6 nitrogen and oxygen atoms in total. The van der Waals surface area contributed by atoms with Gasteiger partial charge in [-0.3, -0.25) is 0 Å². The van der Waals surface area contributed by atoms with E-state index in [1.165, 1.54) is 10.4 Å². The molecule has 8 heteroatoms. The van der Waals surface area contributed by atoms with Gasteiger partial charge >= 0.3 is 0 Å². The van der Waals surface area contributed by atoms with Crippen LogP contribution in [0.1, 0.15) is 79.2 Å². The number of hydrogen-bond donors (Lipinski definition) is 0. The predicted octanol–water partition coefficient (Wildman–Crippen LogP) is 9.61. The summed E-state index contributed by atoms with van der Waals surface area (Å²) in [7, 11) is -1.28. The summed E-state index contributed by atoms with van der Waals surface area (Å²) in [4.78, 5) is 0. The second-order valence-electron chi connectivity index (χ2n) is 18.9. The first-order chi connectivity index (χ1) is 25.7. The monoisotopic (exact) mass is 772 g/mol. The molecule has 0 unspecified atom stereocenters. The van der Waals surface area contributed by atoms with Crippen LogP contribution in [-0.4, -0.2) is 62.6 Å². The quantitative estimate of drug-likeness (QED) is 0.0872. The van der Waals surface area contributed by atoms with Gasteiger partial charge in [-0.05, 0) is 113 Å². The molecule has 0 N–H and O–H groups in total. The largest absolute Gasteiger partial charge is 0.497 e. The molecule has 0 aliphatic heterocycles. The van der Waals surface area contributed by atoms with Crippen LogP contribution in [0, 0.1) is 29.6 Å². The number of methoxy groups -OCH3 is 2. The number of rotatable bonds is 15. The fraction of sp³-hybridized carbons (Fsp3) is 0.609. The van der Waals surface area contributed by atoms with Gasteiger partial charge in [-0.25, -0.2) is 0 Å². The average molecular weight is 773 g/mol. The third-order valence-corrected chi connectivity index (χ3v) is 23.3. The fourth-order valence-corrected chi connectivity index (χ4v) is 16.2. The predicted molar refractivity (Wildman–Crippen MR) is 224 cm³/mol. The Morgan fingerprint density at radius 2 is 1.20 bits per heavy atom. The first kappa shape index (κ1) is 41.3. The molecule has 0 heterocycles. The molecule has 3 fully saturated rings. The maximum Gasteiger partial charge on any atom is 0.261 e. The molecule has 3 aliphatic carbocycles. The highest BCUT2D eigenvalue weighted by Gasteiger charge is 2.60. The highest BCUT2D eigenvalue weighted by molar-refractivity contribution is 6.99. The summed E-state index contributed by atoms with van der Waals surface area (Å²) in [5.74, 6) is 3.25. The lowest BCUT2D eigenvalue weighted by Gasteiger charge is -2.46. The standard InChI is InChI=1S/C46H68O6Si2/c1-45(2,3)53(9,10)51-35-27-39-41-30-44(52-54(46(4,5)6,36-17-13-11-14-18-36)37-19-15-12-16-20-37)38(40(41)29-43(42(39)28-35)50-32-47-7)25-26-49-31-33-21-23-34(48-8)24-22-33/h11-24,35,38-44H,25-32H2,1-10H3/t35-,38+,39-,40-,41-,42-,43-,44-/m0/s1. The molecular formula is C46H68O6Si2. The Kier molecular flexibility index (Phi) is 13.0. The summed E-state index contributed by atoms with van der Waals surface area (Å²) in [6, 6.07) is 30.5. The summed E-state index contributed by atoms with van der Waals surface area (Å²) in [6.45, 7) is 20.7. The van der Waals surface area contributed by atoms with Crippen LogP contribution in [0.2, 0.25) is 23.2 Å². The highest BCUT2D eigenvalue weighted by Crippen LogP contribution is 2.59. The molecule has 0 radical (unpaired) electrons. The average Bonchev–Trinajstić information content (AvgIpc) is 3.71. The van der Waals surface area contributed by atoms with Crippen molar-refractivity contribution in [3.63, 3.8) is 0 Å². The molecule has 0 aromatic heterocycles. The van der Waals surface area contributed by atoms with Gasteiger partial charge in [0.1, 0.15) is 12.5 Å². The van der Waals surface area contributed by atoms with Crippen LogP contribution in [-0.2, 0) is 29.7 Å². The lowest BCUT2D eigenvalue weighted by molar-refractivity contribution is -0.128. The Balaban J connectivity index is 1.34. The van der Waals surface area contributed by atoms with Gasteiger partial charge in [0.15, 0.2) is 8.32 Å². The lowest BCUT2D eigenvalue weighted by Crippen LogP contribution is -2.68. The van der Waals surface area contributed by atoms with Gasteiger partial charge in [0.25, 0.3) is 8.32 Å². The van der Waals surface area contributed by atoms with E-state index in [1.54, 1.807) is 14.2 Å². The van der Waals surface area contributed by atoms with Crippen LogP contribution in [0.25, 0.3) is 0 Å². The van der Waals surface area contributed by atoms with Crippen LogP contribution in [0.4, 0.5) is 0 Å². The van der Waals surface area contributed by atoms with E-state index in [-0.39, 0.29) is 28.4 Å². The molecule has 3 aromatic carbocycles. The highest BCUT2D eigenvalue weighted by atomic mass is 28.4. The molecule has 0 saturated heterocycles. The minimum Gasteiger partial charge on any atom is -0.497 e. The van der Waals surface area contributed by atoms with Crippen LogP contribution >= 0.6 is 0 Å². The zero-order chi connectivity index (χ0) is 38.7. The third kappa shape index (κ3) is 8.65. The third-order valence-electron chi connectivity index (χ3n) is 13.7. The normalized spacial score (nSPS) is 27.4. The zero-order valence-corrected chi connectivity index (χ0v) is 36.8. The zero-order valence-electron chi connectivity index (χ0n) is 34.8. The summed E-state index contributed by atoms with van der Waals surface area (Å²) in [6.07, 6.45) is 5.78. The van der Waals surface area contributed by atoms with Crippen molar-refractivity contribution < 1.29 is 27.8 Å². The summed E-state index contributed by atoms with van der Waals surface area (Å²) in [5, 5.41) is 2.77. The van der Waals surface area contributed by atoms with E-state index in [2.05, 4.69) is 127 Å². The molecule has 0 amide bonds. The van der Waals surface area contributed by atoms with Crippen molar-refractivity contribution in [3.8, 4) is 5.75 Å². The van der Waals surface area contributed by atoms with E-state index in [0.717, 1.165) is 43.4 Å². The van der Waals surface area contributed by atoms with Gasteiger partial charge in [0, 0.05) is 25.9 Å². The summed E-state index contributed by atoms with van der Waals surface area (Å²) in [5.41, 5.74) is 1.16. The Morgan fingerprint density at radius 1 is 0.630 bits per heavy atom. The Hall–Kier alpha value is -2.31. The van der Waals surface area contributed by atoms with E-state index < -0.39 is 16.6 Å². The SMILES string of the molecule is COCO[C@H]1C[C@@H]2[C@@H](C[C@H](O[Si](c3ccccc3)(c3ccccc3)C(C)(C)C)[C@@H]2CCOCc2ccc(OC)cc2)[C@@H]2C[C@H](O[Si](C)(C)C(C)(C)C)C[C@@H]21. The van der Waals surface area contributed by atoms with Crippen molar-refractivity contribution in [2.45, 2.75) is 122 Å². The van der Waals surface area contributed by atoms with Crippen LogP contribution in [0.3, 0.4) is 0 Å². The molecular weight excluding hydrogens is 705 g/mol. The maximum absolute atomic E-state index is 8.08. The van der Waals surface area contributed by atoms with Crippen LogP contribution in [0.15, 0.2) is 84.9 Å². The van der Waals surface area contributed by atoms with E-state index in [9.17, 15) is 0 Å². The number of benzene rings is 3. The summed E-state index contributed by atoms with van der Waals surface area (Å²) < 4.78 is 39.3. The molecule has 3 aliphatic rings. The van der Waals surface area contributed by atoms with E-state index >= 15 is 0 Å². The number of fused-ring (bicyclic) bond motifs is 3. The maximum atomic E-state index is 8.08.